The van der Waals surface area contributed by atoms with Crippen LogP contribution in [0.3, 0.4) is 0 Å². The second-order valence-corrected chi connectivity index (χ2v) is 7.72. The van der Waals surface area contributed by atoms with Crippen LogP contribution in [0.2, 0.25) is 0 Å². The second-order valence-electron chi connectivity index (χ2n) is 7.72. The standard InChI is InChI=1S/C26H25NO5/c1-17-9-10-18(2)21(15-17)27-25(28)24(19-7-4-3-5-8-19)32-26(29)20-11-12-22-23(16-20)31-14-6-13-30-22/h3-5,7-12,15-16,24H,6,13-14H2,1-2H3,(H,27,28). The quantitative estimate of drug-likeness (QED) is 0.576. The molecule has 1 unspecified atom stereocenters. The zero-order valence-corrected chi connectivity index (χ0v) is 18.1. The first-order valence-electron chi connectivity index (χ1n) is 10.5. The van der Waals surface area contributed by atoms with E-state index in [0.29, 0.717) is 36.0 Å². The highest BCUT2D eigenvalue weighted by Crippen LogP contribution is 2.31. The van der Waals surface area contributed by atoms with Crippen LogP contribution in [0.25, 0.3) is 0 Å². The van der Waals surface area contributed by atoms with Gasteiger partial charge < -0.3 is 19.5 Å². The minimum absolute atomic E-state index is 0.287. The summed E-state index contributed by atoms with van der Waals surface area (Å²) < 4.78 is 17.0. The third-order valence-corrected chi connectivity index (χ3v) is 5.20. The molecule has 1 atom stereocenters. The molecule has 4 rings (SSSR count). The third kappa shape index (κ3) is 4.91. The lowest BCUT2D eigenvalue weighted by Crippen LogP contribution is -2.26. The smallest absolute Gasteiger partial charge is 0.339 e. The molecule has 0 radical (unpaired) electrons. The number of benzene rings is 3. The highest BCUT2D eigenvalue weighted by atomic mass is 16.5. The molecule has 1 aliphatic rings. The van der Waals surface area contributed by atoms with E-state index in [-0.39, 0.29) is 5.56 Å². The van der Waals surface area contributed by atoms with Gasteiger partial charge in [-0.15, -0.1) is 0 Å². The number of rotatable bonds is 5. The second kappa shape index (κ2) is 9.56. The highest BCUT2D eigenvalue weighted by Gasteiger charge is 2.27. The number of amides is 1. The van der Waals surface area contributed by atoms with Crippen molar-refractivity contribution in [3.63, 3.8) is 0 Å². The minimum Gasteiger partial charge on any atom is -0.490 e. The highest BCUT2D eigenvalue weighted by molar-refractivity contribution is 5.98. The molecule has 0 saturated heterocycles. The summed E-state index contributed by atoms with van der Waals surface area (Å²) in [5, 5.41) is 2.90. The van der Waals surface area contributed by atoms with Gasteiger partial charge >= 0.3 is 5.97 Å². The molecule has 3 aromatic carbocycles. The van der Waals surface area contributed by atoms with E-state index in [9.17, 15) is 9.59 Å². The number of anilines is 1. The molecule has 0 saturated carbocycles. The number of hydrogen-bond donors (Lipinski definition) is 1. The first-order chi connectivity index (χ1) is 15.5. The number of carbonyl (C=O) groups excluding carboxylic acids is 2. The van der Waals surface area contributed by atoms with Gasteiger partial charge in [0.1, 0.15) is 0 Å². The maximum absolute atomic E-state index is 13.2. The van der Waals surface area contributed by atoms with E-state index in [2.05, 4.69) is 5.32 Å². The molecule has 1 N–H and O–H groups in total. The van der Waals surface area contributed by atoms with Crippen LogP contribution in [-0.4, -0.2) is 25.1 Å². The topological polar surface area (TPSA) is 73.9 Å². The van der Waals surface area contributed by atoms with Crippen molar-refractivity contribution in [3.8, 4) is 11.5 Å². The molecule has 0 spiro atoms. The Morgan fingerprint density at radius 2 is 1.66 bits per heavy atom. The Kier molecular flexibility index (Phi) is 6.40. The Morgan fingerprint density at radius 1 is 0.906 bits per heavy atom. The summed E-state index contributed by atoms with van der Waals surface area (Å²) in [4.78, 5) is 26.2. The van der Waals surface area contributed by atoms with Crippen LogP contribution in [0, 0.1) is 13.8 Å². The first kappa shape index (κ1) is 21.4. The van der Waals surface area contributed by atoms with Gasteiger partial charge in [-0.05, 0) is 49.2 Å². The number of nitrogens with one attached hydrogen (secondary N) is 1. The number of esters is 1. The third-order valence-electron chi connectivity index (χ3n) is 5.20. The molecule has 1 aliphatic heterocycles. The maximum atomic E-state index is 13.2. The zero-order valence-electron chi connectivity index (χ0n) is 18.1. The van der Waals surface area contributed by atoms with E-state index in [0.717, 1.165) is 17.5 Å². The molecule has 0 aliphatic carbocycles. The normalized spacial score (nSPS) is 13.6. The summed E-state index contributed by atoms with van der Waals surface area (Å²) in [6.45, 7) is 4.94. The van der Waals surface area contributed by atoms with Crippen molar-refractivity contribution in [1.29, 1.82) is 0 Å². The van der Waals surface area contributed by atoms with E-state index < -0.39 is 18.0 Å². The fraction of sp³-hybridized carbons (Fsp3) is 0.231. The van der Waals surface area contributed by atoms with Crippen LogP contribution in [-0.2, 0) is 9.53 Å². The van der Waals surface area contributed by atoms with Crippen LogP contribution < -0.4 is 14.8 Å². The average Bonchev–Trinajstić information content (AvgIpc) is 3.05. The summed E-state index contributed by atoms with van der Waals surface area (Å²) in [6, 6.07) is 19.7. The van der Waals surface area contributed by atoms with Crippen LogP contribution in [0.5, 0.6) is 11.5 Å². The molecule has 1 amide bonds. The Balaban J connectivity index is 1.58. The number of carbonyl (C=O) groups is 2. The fourth-order valence-corrected chi connectivity index (χ4v) is 3.43. The molecule has 0 fully saturated rings. The average molecular weight is 431 g/mol. The van der Waals surface area contributed by atoms with E-state index in [1.165, 1.54) is 0 Å². The predicted molar refractivity (Wildman–Crippen MR) is 121 cm³/mol. The number of hydrogen-bond acceptors (Lipinski definition) is 5. The Hall–Kier alpha value is -3.80. The summed E-state index contributed by atoms with van der Waals surface area (Å²) in [5.41, 5.74) is 3.49. The lowest BCUT2D eigenvalue weighted by atomic mass is 10.1. The van der Waals surface area contributed by atoms with Crippen molar-refractivity contribution in [1.82, 2.24) is 0 Å². The molecule has 164 valence electrons. The molecule has 0 aromatic heterocycles. The molecule has 6 heteroatoms. The van der Waals surface area contributed by atoms with E-state index in [4.69, 9.17) is 14.2 Å². The van der Waals surface area contributed by atoms with Gasteiger partial charge in [-0.2, -0.15) is 0 Å². The van der Waals surface area contributed by atoms with Gasteiger partial charge in [-0.3, -0.25) is 4.79 Å². The molecule has 3 aromatic rings. The monoisotopic (exact) mass is 431 g/mol. The Bertz CT molecular complexity index is 1130. The van der Waals surface area contributed by atoms with Crippen molar-refractivity contribution < 1.29 is 23.8 Å². The van der Waals surface area contributed by atoms with Gasteiger partial charge in [-0.1, -0.05) is 42.5 Å². The van der Waals surface area contributed by atoms with Gasteiger partial charge in [0.15, 0.2) is 11.5 Å². The van der Waals surface area contributed by atoms with E-state index >= 15 is 0 Å². The summed E-state index contributed by atoms with van der Waals surface area (Å²) in [7, 11) is 0. The van der Waals surface area contributed by atoms with Crippen molar-refractivity contribution in [2.45, 2.75) is 26.4 Å². The molecule has 32 heavy (non-hydrogen) atoms. The molecule has 1 heterocycles. The summed E-state index contributed by atoms with van der Waals surface area (Å²) in [6.07, 6.45) is -0.345. The lowest BCUT2D eigenvalue weighted by molar-refractivity contribution is -0.125. The molecular weight excluding hydrogens is 406 g/mol. The van der Waals surface area contributed by atoms with Crippen LogP contribution >= 0.6 is 0 Å². The summed E-state index contributed by atoms with van der Waals surface area (Å²) >= 11 is 0. The number of fused-ring (bicyclic) bond motifs is 1. The number of ether oxygens (including phenoxy) is 3. The molecule has 0 bridgehead atoms. The van der Waals surface area contributed by atoms with Crippen molar-refractivity contribution in [2.75, 3.05) is 18.5 Å². The zero-order chi connectivity index (χ0) is 22.5. The summed E-state index contributed by atoms with van der Waals surface area (Å²) in [5.74, 6) is 0.0394. The van der Waals surface area contributed by atoms with Crippen LogP contribution in [0.15, 0.2) is 66.7 Å². The van der Waals surface area contributed by atoms with Gasteiger partial charge in [0, 0.05) is 17.7 Å². The SMILES string of the molecule is Cc1ccc(C)c(NC(=O)C(OC(=O)c2ccc3c(c2)OCCCO3)c2ccccc2)c1. The largest absolute Gasteiger partial charge is 0.490 e. The van der Waals surface area contributed by atoms with E-state index in [1.807, 2.05) is 38.1 Å². The lowest BCUT2D eigenvalue weighted by Gasteiger charge is -2.19. The fourth-order valence-electron chi connectivity index (χ4n) is 3.43. The number of aryl methyl sites for hydroxylation is 2. The van der Waals surface area contributed by atoms with Crippen LogP contribution in [0.1, 0.15) is 39.6 Å². The van der Waals surface area contributed by atoms with Gasteiger partial charge in [0.2, 0.25) is 6.10 Å². The minimum atomic E-state index is -1.11. The van der Waals surface area contributed by atoms with Crippen molar-refractivity contribution in [2.24, 2.45) is 0 Å². The maximum Gasteiger partial charge on any atom is 0.339 e. The Labute approximate surface area is 187 Å². The predicted octanol–water partition coefficient (Wildman–Crippen LogP) is 5.00. The van der Waals surface area contributed by atoms with Gasteiger partial charge in [0.05, 0.1) is 18.8 Å². The van der Waals surface area contributed by atoms with Gasteiger partial charge in [-0.25, -0.2) is 4.79 Å². The van der Waals surface area contributed by atoms with E-state index in [1.54, 1.807) is 42.5 Å². The van der Waals surface area contributed by atoms with Crippen molar-refractivity contribution >= 4 is 17.6 Å². The van der Waals surface area contributed by atoms with Crippen molar-refractivity contribution in [3.05, 3.63) is 89.0 Å². The van der Waals surface area contributed by atoms with Crippen LogP contribution in [0.4, 0.5) is 5.69 Å². The molecule has 6 nitrogen and oxygen atoms in total. The first-order valence-corrected chi connectivity index (χ1v) is 10.5. The Morgan fingerprint density at radius 3 is 2.44 bits per heavy atom. The van der Waals surface area contributed by atoms with Gasteiger partial charge in [0.25, 0.3) is 5.91 Å². The molecular formula is C26H25NO5.